The first-order valence-corrected chi connectivity index (χ1v) is 9.33. The summed E-state index contributed by atoms with van der Waals surface area (Å²) < 4.78 is 2.60. The van der Waals surface area contributed by atoms with Crippen molar-refractivity contribution in [2.45, 2.75) is 19.9 Å². The fraction of sp³-hybridized carbons (Fsp3) is 0.211. The quantitative estimate of drug-likeness (QED) is 0.668. The second kappa shape index (κ2) is 8.18. The molecule has 1 amide bonds. The Morgan fingerprint density at radius 1 is 1.28 bits per heavy atom. The maximum atomic E-state index is 12.3. The molecule has 0 aliphatic carbocycles. The van der Waals surface area contributed by atoms with Gasteiger partial charge in [-0.3, -0.25) is 9.78 Å². The van der Waals surface area contributed by atoms with Gasteiger partial charge in [-0.25, -0.2) is 0 Å². The lowest BCUT2D eigenvalue weighted by molar-refractivity contribution is -0.121. The van der Waals surface area contributed by atoms with Crippen LogP contribution in [0.1, 0.15) is 11.1 Å². The molecule has 4 nitrogen and oxygen atoms in total. The highest BCUT2D eigenvalue weighted by atomic mass is 32.1. The molecule has 128 valence electrons. The van der Waals surface area contributed by atoms with E-state index in [1.54, 1.807) is 6.20 Å². The van der Waals surface area contributed by atoms with Gasteiger partial charge in [-0.05, 0) is 42.8 Å². The van der Waals surface area contributed by atoms with Crippen LogP contribution in [-0.4, -0.2) is 22.0 Å². The second-order valence-electron chi connectivity index (χ2n) is 5.80. The highest BCUT2D eigenvalue weighted by Crippen LogP contribution is 2.24. The van der Waals surface area contributed by atoms with Crippen molar-refractivity contribution in [2.24, 2.45) is 0 Å². The van der Waals surface area contributed by atoms with E-state index in [0.29, 0.717) is 10.5 Å². The second-order valence-corrected chi connectivity index (χ2v) is 7.30. The van der Waals surface area contributed by atoms with Crippen LogP contribution < -0.4 is 5.32 Å². The molecule has 1 N–H and O–H groups in total. The summed E-state index contributed by atoms with van der Waals surface area (Å²) in [6.45, 7) is 2.88. The summed E-state index contributed by atoms with van der Waals surface area (Å²) in [6, 6.07) is 12.1. The van der Waals surface area contributed by atoms with Crippen molar-refractivity contribution >= 4 is 29.5 Å². The minimum atomic E-state index is -0.0354. The molecule has 25 heavy (non-hydrogen) atoms. The molecule has 0 aliphatic heterocycles. The van der Waals surface area contributed by atoms with Crippen LogP contribution in [0.25, 0.3) is 11.3 Å². The zero-order valence-corrected chi connectivity index (χ0v) is 15.6. The minimum absolute atomic E-state index is 0.0354. The number of carbonyl (C=O) groups excluding carboxylic acids is 1. The normalized spacial score (nSPS) is 10.6. The number of amides is 1. The fourth-order valence-electron chi connectivity index (χ4n) is 2.52. The van der Waals surface area contributed by atoms with Gasteiger partial charge in [0.15, 0.2) is 3.95 Å². The van der Waals surface area contributed by atoms with Gasteiger partial charge < -0.3 is 9.88 Å². The smallest absolute Gasteiger partial charge is 0.240 e. The summed E-state index contributed by atoms with van der Waals surface area (Å²) in [5, 5.41) is 4.97. The first-order valence-electron chi connectivity index (χ1n) is 8.04. The van der Waals surface area contributed by atoms with E-state index in [2.05, 4.69) is 41.5 Å². The number of rotatable bonds is 6. The van der Waals surface area contributed by atoms with E-state index in [9.17, 15) is 4.79 Å². The zero-order valence-electron chi connectivity index (χ0n) is 13.9. The third-order valence-corrected chi connectivity index (χ3v) is 5.16. The standard InChI is InChI=1S/C19H19N3OS2/c1-14-4-6-16(7-5-14)17-13-25-19(24)22(17)12-18(23)21-10-8-15-3-2-9-20-11-15/h2-7,9,11,13H,8,10,12H2,1H3,(H,21,23). The maximum absolute atomic E-state index is 12.3. The Morgan fingerprint density at radius 3 is 2.80 bits per heavy atom. The van der Waals surface area contributed by atoms with Gasteiger partial charge in [-0.1, -0.05) is 35.9 Å². The van der Waals surface area contributed by atoms with Crippen molar-refractivity contribution in [3.8, 4) is 11.3 Å². The number of nitrogens with one attached hydrogen (secondary N) is 1. The van der Waals surface area contributed by atoms with Crippen molar-refractivity contribution in [3.05, 3.63) is 69.3 Å². The van der Waals surface area contributed by atoms with Crippen LogP contribution in [0.4, 0.5) is 0 Å². The molecule has 0 fully saturated rings. The zero-order chi connectivity index (χ0) is 17.6. The van der Waals surface area contributed by atoms with Crippen LogP contribution in [0.3, 0.4) is 0 Å². The van der Waals surface area contributed by atoms with Gasteiger partial charge in [-0.15, -0.1) is 11.3 Å². The van der Waals surface area contributed by atoms with Crippen molar-refractivity contribution in [1.82, 2.24) is 14.9 Å². The van der Waals surface area contributed by atoms with E-state index in [1.807, 2.05) is 28.3 Å². The minimum Gasteiger partial charge on any atom is -0.354 e. The molecular formula is C19H19N3OS2. The molecule has 0 spiro atoms. The van der Waals surface area contributed by atoms with Gasteiger partial charge in [0.2, 0.25) is 5.91 Å². The first kappa shape index (κ1) is 17.5. The summed E-state index contributed by atoms with van der Waals surface area (Å²) in [5.74, 6) is -0.0354. The lowest BCUT2D eigenvalue weighted by Crippen LogP contribution is -2.29. The van der Waals surface area contributed by atoms with E-state index < -0.39 is 0 Å². The number of aromatic nitrogens is 2. The summed E-state index contributed by atoms with van der Waals surface area (Å²) in [6.07, 6.45) is 4.32. The van der Waals surface area contributed by atoms with E-state index >= 15 is 0 Å². The number of pyridine rings is 1. The number of carbonyl (C=O) groups is 1. The molecule has 0 unspecified atom stereocenters. The largest absolute Gasteiger partial charge is 0.354 e. The van der Waals surface area contributed by atoms with E-state index in [-0.39, 0.29) is 12.5 Å². The monoisotopic (exact) mass is 369 g/mol. The van der Waals surface area contributed by atoms with Gasteiger partial charge in [-0.2, -0.15) is 0 Å². The number of nitrogens with zero attached hydrogens (tertiary/aromatic N) is 2. The topological polar surface area (TPSA) is 46.9 Å². The first-order chi connectivity index (χ1) is 12.1. The third kappa shape index (κ3) is 4.61. The van der Waals surface area contributed by atoms with E-state index in [0.717, 1.165) is 23.2 Å². The van der Waals surface area contributed by atoms with Gasteiger partial charge in [0, 0.05) is 24.3 Å². The molecule has 0 saturated carbocycles. The number of benzene rings is 1. The van der Waals surface area contributed by atoms with Gasteiger partial charge in [0.25, 0.3) is 0 Å². The van der Waals surface area contributed by atoms with E-state index in [4.69, 9.17) is 12.2 Å². The number of hydrogen-bond acceptors (Lipinski definition) is 4. The lowest BCUT2D eigenvalue weighted by Gasteiger charge is -2.10. The van der Waals surface area contributed by atoms with Gasteiger partial charge >= 0.3 is 0 Å². The SMILES string of the molecule is Cc1ccc(-c2csc(=S)n2CC(=O)NCCc2cccnc2)cc1. The summed E-state index contributed by atoms with van der Waals surface area (Å²) >= 11 is 6.88. The van der Waals surface area contributed by atoms with Crippen molar-refractivity contribution in [3.63, 3.8) is 0 Å². The van der Waals surface area contributed by atoms with Crippen LogP contribution in [0.2, 0.25) is 0 Å². The Balaban J connectivity index is 1.64. The molecule has 2 aromatic heterocycles. The van der Waals surface area contributed by atoms with Crippen LogP contribution in [0.5, 0.6) is 0 Å². The van der Waals surface area contributed by atoms with Gasteiger partial charge in [0.05, 0.1) is 5.69 Å². The summed E-state index contributed by atoms with van der Waals surface area (Å²) in [4.78, 5) is 16.4. The number of thiazole rings is 1. The van der Waals surface area contributed by atoms with E-state index in [1.165, 1.54) is 16.9 Å². The molecule has 3 rings (SSSR count). The number of hydrogen-bond donors (Lipinski definition) is 1. The lowest BCUT2D eigenvalue weighted by atomic mass is 10.1. The van der Waals surface area contributed by atoms with Crippen LogP contribution in [0, 0.1) is 10.9 Å². The van der Waals surface area contributed by atoms with Crippen molar-refractivity contribution < 1.29 is 4.79 Å². The molecular weight excluding hydrogens is 350 g/mol. The Kier molecular flexibility index (Phi) is 5.73. The molecule has 1 aromatic carbocycles. The Morgan fingerprint density at radius 2 is 2.08 bits per heavy atom. The molecule has 3 aromatic rings. The Labute approximate surface area is 156 Å². The van der Waals surface area contributed by atoms with Gasteiger partial charge in [0.1, 0.15) is 6.54 Å². The van der Waals surface area contributed by atoms with Crippen molar-refractivity contribution in [1.29, 1.82) is 0 Å². The van der Waals surface area contributed by atoms with Crippen LogP contribution >= 0.6 is 23.6 Å². The van der Waals surface area contributed by atoms with Crippen LogP contribution in [-0.2, 0) is 17.8 Å². The highest BCUT2D eigenvalue weighted by molar-refractivity contribution is 7.73. The average Bonchev–Trinajstić information content (AvgIpc) is 2.97. The fourth-order valence-corrected chi connectivity index (χ4v) is 3.59. The maximum Gasteiger partial charge on any atom is 0.240 e. The van der Waals surface area contributed by atoms with Crippen molar-refractivity contribution in [2.75, 3.05) is 6.54 Å². The molecule has 0 aliphatic rings. The Bertz CT molecular complexity index is 898. The molecule has 0 atom stereocenters. The summed E-state index contributed by atoms with van der Waals surface area (Å²) in [7, 11) is 0. The molecule has 0 saturated heterocycles. The van der Waals surface area contributed by atoms with Crippen LogP contribution in [0.15, 0.2) is 54.2 Å². The molecule has 0 radical (unpaired) electrons. The number of aryl methyl sites for hydroxylation is 1. The highest BCUT2D eigenvalue weighted by Gasteiger charge is 2.10. The predicted molar refractivity (Wildman–Crippen MR) is 104 cm³/mol. The Hall–Kier alpha value is -2.31. The average molecular weight is 370 g/mol. The molecule has 2 heterocycles. The molecule has 0 bridgehead atoms. The summed E-state index contributed by atoms with van der Waals surface area (Å²) in [5.41, 5.74) is 4.37. The molecule has 6 heteroatoms. The third-order valence-electron chi connectivity index (χ3n) is 3.89. The predicted octanol–water partition coefficient (Wildman–Crippen LogP) is 4.01.